The number of hydrogen-bond acceptors (Lipinski definition) is 4. The fourth-order valence-electron chi connectivity index (χ4n) is 4.99. The Labute approximate surface area is 178 Å². The zero-order valence-corrected chi connectivity index (χ0v) is 19.1. The molecule has 0 aromatic carbocycles. The van der Waals surface area contributed by atoms with Crippen LogP contribution in [0.15, 0.2) is 0 Å². The molecule has 1 aliphatic rings. The SMILES string of the molecule is CCCCCCCCCCCCCCCCC1CCN(O)C1(CC(C)O)C(=O)O. The molecule has 0 bridgehead atoms. The van der Waals surface area contributed by atoms with Crippen molar-refractivity contribution < 1.29 is 20.2 Å². The molecule has 3 atom stereocenters. The van der Waals surface area contributed by atoms with E-state index in [2.05, 4.69) is 6.92 Å². The van der Waals surface area contributed by atoms with Crippen LogP contribution in [-0.4, -0.2) is 44.6 Å². The second kappa shape index (κ2) is 15.2. The standard InChI is InChI=1S/C24H47NO4/c1-3-4-5-6-7-8-9-10-11-12-13-14-15-16-17-22-18-19-25(29)24(22,23(27)28)20-21(2)26/h21-22,26,29H,3-20H2,1-2H3,(H,27,28). The molecule has 172 valence electrons. The highest BCUT2D eigenvalue weighted by Crippen LogP contribution is 2.41. The molecule has 1 saturated heterocycles. The minimum atomic E-state index is -1.31. The lowest BCUT2D eigenvalue weighted by molar-refractivity contribution is -0.196. The predicted molar refractivity (Wildman–Crippen MR) is 118 cm³/mol. The molecule has 1 aliphatic heterocycles. The Morgan fingerprint density at radius 1 is 0.931 bits per heavy atom. The molecule has 29 heavy (non-hydrogen) atoms. The first-order valence-corrected chi connectivity index (χ1v) is 12.3. The van der Waals surface area contributed by atoms with Crippen molar-refractivity contribution in [1.82, 2.24) is 5.06 Å². The molecule has 5 nitrogen and oxygen atoms in total. The van der Waals surface area contributed by atoms with Crippen LogP contribution in [0.3, 0.4) is 0 Å². The van der Waals surface area contributed by atoms with Gasteiger partial charge in [0.25, 0.3) is 0 Å². The Morgan fingerprint density at radius 3 is 1.79 bits per heavy atom. The Hall–Kier alpha value is -0.650. The lowest BCUT2D eigenvalue weighted by Crippen LogP contribution is -2.54. The van der Waals surface area contributed by atoms with E-state index in [4.69, 9.17) is 0 Å². The van der Waals surface area contributed by atoms with Crippen LogP contribution in [0.25, 0.3) is 0 Å². The van der Waals surface area contributed by atoms with Gasteiger partial charge in [0.05, 0.1) is 6.10 Å². The van der Waals surface area contributed by atoms with Gasteiger partial charge in [-0.15, -0.1) is 0 Å². The summed E-state index contributed by atoms with van der Waals surface area (Å²) < 4.78 is 0. The van der Waals surface area contributed by atoms with Crippen molar-refractivity contribution in [2.45, 2.75) is 135 Å². The minimum Gasteiger partial charge on any atom is -0.480 e. The molecule has 0 aromatic heterocycles. The van der Waals surface area contributed by atoms with Crippen LogP contribution < -0.4 is 0 Å². The molecule has 3 unspecified atom stereocenters. The topological polar surface area (TPSA) is 81.0 Å². The number of nitrogens with zero attached hydrogens (tertiary/aromatic N) is 1. The van der Waals surface area contributed by atoms with E-state index in [-0.39, 0.29) is 12.3 Å². The van der Waals surface area contributed by atoms with Crippen LogP contribution in [-0.2, 0) is 4.79 Å². The summed E-state index contributed by atoms with van der Waals surface area (Å²) in [6.07, 6.45) is 19.2. The number of carboxylic acid groups (broad SMARTS) is 1. The Bertz CT molecular complexity index is 429. The largest absolute Gasteiger partial charge is 0.480 e. The third kappa shape index (κ3) is 9.35. The maximum Gasteiger partial charge on any atom is 0.326 e. The second-order valence-corrected chi connectivity index (χ2v) is 9.28. The molecule has 3 N–H and O–H groups in total. The normalized spacial score (nSPS) is 23.5. The highest BCUT2D eigenvalue weighted by Gasteiger charge is 2.54. The number of rotatable bonds is 18. The zero-order valence-electron chi connectivity index (χ0n) is 19.1. The molecule has 0 spiro atoms. The first-order valence-electron chi connectivity index (χ1n) is 12.3. The van der Waals surface area contributed by atoms with E-state index in [1.807, 2.05) is 0 Å². The molecule has 1 heterocycles. The van der Waals surface area contributed by atoms with Gasteiger partial charge >= 0.3 is 5.97 Å². The molecule has 0 radical (unpaired) electrons. The smallest absolute Gasteiger partial charge is 0.326 e. The van der Waals surface area contributed by atoms with Crippen molar-refractivity contribution in [2.75, 3.05) is 6.54 Å². The van der Waals surface area contributed by atoms with Crippen LogP contribution in [0.4, 0.5) is 0 Å². The second-order valence-electron chi connectivity index (χ2n) is 9.28. The summed E-state index contributed by atoms with van der Waals surface area (Å²) in [5.74, 6) is -1.09. The van der Waals surface area contributed by atoms with E-state index in [1.165, 1.54) is 77.0 Å². The minimum absolute atomic E-state index is 0.0854. The number of carboxylic acids is 1. The van der Waals surface area contributed by atoms with Crippen molar-refractivity contribution in [1.29, 1.82) is 0 Å². The van der Waals surface area contributed by atoms with Crippen LogP contribution in [0, 0.1) is 5.92 Å². The van der Waals surface area contributed by atoms with Gasteiger partial charge in [0.15, 0.2) is 0 Å². The number of aliphatic hydroxyl groups is 1. The fourth-order valence-corrected chi connectivity index (χ4v) is 4.99. The monoisotopic (exact) mass is 413 g/mol. The summed E-state index contributed by atoms with van der Waals surface area (Å²) in [4.78, 5) is 11.9. The van der Waals surface area contributed by atoms with Crippen LogP contribution in [0.1, 0.15) is 123 Å². The molecule has 1 fully saturated rings. The number of hydroxylamine groups is 2. The Balaban J connectivity index is 2.09. The van der Waals surface area contributed by atoms with E-state index in [0.717, 1.165) is 24.3 Å². The first kappa shape index (κ1) is 26.4. The molecular weight excluding hydrogens is 366 g/mol. The Morgan fingerprint density at radius 2 is 1.38 bits per heavy atom. The molecule has 0 aromatic rings. The predicted octanol–water partition coefficient (Wildman–Crippen LogP) is 6.16. The third-order valence-corrected chi connectivity index (χ3v) is 6.71. The van der Waals surface area contributed by atoms with Gasteiger partial charge < -0.3 is 15.4 Å². The maximum atomic E-state index is 11.9. The van der Waals surface area contributed by atoms with Crippen LogP contribution in [0.5, 0.6) is 0 Å². The maximum absolute atomic E-state index is 11.9. The van der Waals surface area contributed by atoms with Crippen LogP contribution >= 0.6 is 0 Å². The summed E-state index contributed by atoms with van der Waals surface area (Å²) in [5, 5.41) is 30.7. The average Bonchev–Trinajstić information content (AvgIpc) is 2.98. The van der Waals surface area contributed by atoms with Gasteiger partial charge in [0.2, 0.25) is 0 Å². The first-order chi connectivity index (χ1) is 13.9. The molecule has 1 rings (SSSR count). The molecular formula is C24H47NO4. The van der Waals surface area contributed by atoms with E-state index in [0.29, 0.717) is 13.0 Å². The van der Waals surface area contributed by atoms with Gasteiger partial charge in [-0.3, -0.25) is 4.79 Å². The molecule has 0 aliphatic carbocycles. The summed E-state index contributed by atoms with van der Waals surface area (Å²) >= 11 is 0. The summed E-state index contributed by atoms with van der Waals surface area (Å²) in [6.45, 7) is 4.24. The quantitative estimate of drug-likeness (QED) is 0.234. The highest BCUT2D eigenvalue weighted by molar-refractivity contribution is 5.79. The van der Waals surface area contributed by atoms with E-state index in [1.54, 1.807) is 6.92 Å². The summed E-state index contributed by atoms with van der Waals surface area (Å²) in [7, 11) is 0. The van der Waals surface area contributed by atoms with Crippen molar-refractivity contribution >= 4 is 5.97 Å². The van der Waals surface area contributed by atoms with Gasteiger partial charge in [0.1, 0.15) is 5.54 Å². The molecule has 0 amide bonds. The number of hydrogen-bond donors (Lipinski definition) is 3. The molecule has 5 heteroatoms. The van der Waals surface area contributed by atoms with Gasteiger partial charge in [-0.05, 0) is 25.7 Å². The summed E-state index contributed by atoms with van der Waals surface area (Å²) in [5.41, 5.74) is -1.31. The Kier molecular flexibility index (Phi) is 13.8. The van der Waals surface area contributed by atoms with Gasteiger partial charge in [0, 0.05) is 13.0 Å². The third-order valence-electron chi connectivity index (χ3n) is 6.71. The number of unbranched alkanes of at least 4 members (excludes halogenated alkanes) is 13. The summed E-state index contributed by atoms with van der Waals surface area (Å²) in [6, 6.07) is 0. The fraction of sp³-hybridized carbons (Fsp3) is 0.958. The van der Waals surface area contributed by atoms with Gasteiger partial charge in [-0.2, -0.15) is 5.06 Å². The average molecular weight is 414 g/mol. The zero-order chi connectivity index (χ0) is 21.5. The van der Waals surface area contributed by atoms with Gasteiger partial charge in [-0.25, -0.2) is 0 Å². The van der Waals surface area contributed by atoms with Crippen LogP contribution in [0.2, 0.25) is 0 Å². The van der Waals surface area contributed by atoms with E-state index < -0.39 is 17.6 Å². The van der Waals surface area contributed by atoms with Gasteiger partial charge in [-0.1, -0.05) is 96.8 Å². The van der Waals surface area contributed by atoms with Crippen molar-refractivity contribution in [3.05, 3.63) is 0 Å². The number of carbonyl (C=O) groups is 1. The lowest BCUT2D eigenvalue weighted by Gasteiger charge is -2.36. The number of aliphatic hydroxyl groups excluding tert-OH is 1. The number of aliphatic carboxylic acids is 1. The highest BCUT2D eigenvalue weighted by atomic mass is 16.5. The van der Waals surface area contributed by atoms with Crippen molar-refractivity contribution in [3.63, 3.8) is 0 Å². The van der Waals surface area contributed by atoms with E-state index in [9.17, 15) is 20.2 Å². The van der Waals surface area contributed by atoms with Crippen molar-refractivity contribution in [2.24, 2.45) is 5.92 Å². The molecule has 0 saturated carbocycles. The lowest BCUT2D eigenvalue weighted by atomic mass is 9.78. The van der Waals surface area contributed by atoms with Crippen molar-refractivity contribution in [3.8, 4) is 0 Å². The van der Waals surface area contributed by atoms with E-state index >= 15 is 0 Å².